The molecule has 1 atom stereocenters. The molecule has 3 aromatic rings. The van der Waals surface area contributed by atoms with Crippen molar-refractivity contribution in [1.29, 1.82) is 0 Å². The first-order valence-electron chi connectivity index (χ1n) is 9.45. The van der Waals surface area contributed by atoms with Gasteiger partial charge in [0.05, 0.1) is 23.6 Å². The van der Waals surface area contributed by atoms with E-state index in [9.17, 15) is 9.59 Å². The number of nitrogen functional groups attached to an aromatic ring is 1. The third-order valence-corrected chi connectivity index (χ3v) is 6.49. The molecule has 158 valence electrons. The normalized spacial score (nSPS) is 11.5. The van der Waals surface area contributed by atoms with E-state index in [0.717, 1.165) is 11.1 Å². The van der Waals surface area contributed by atoms with Crippen molar-refractivity contribution in [3.63, 3.8) is 0 Å². The van der Waals surface area contributed by atoms with E-state index in [1.807, 2.05) is 45.0 Å². The average Bonchev–Trinajstić information content (AvgIpc) is 3.16. The van der Waals surface area contributed by atoms with Gasteiger partial charge in [-0.05, 0) is 46.0 Å². The highest BCUT2D eigenvalue weighted by Crippen LogP contribution is 2.30. The van der Waals surface area contributed by atoms with Crippen LogP contribution in [-0.4, -0.2) is 37.8 Å². The first-order chi connectivity index (χ1) is 14.3. The highest BCUT2D eigenvalue weighted by Gasteiger charge is 2.24. The molecule has 0 radical (unpaired) electrons. The maximum atomic E-state index is 13.0. The van der Waals surface area contributed by atoms with Crippen LogP contribution in [0, 0.1) is 12.8 Å². The summed E-state index contributed by atoms with van der Waals surface area (Å²) in [6, 6.07) is 7.85. The Kier molecular flexibility index (Phi) is 7.25. The lowest BCUT2D eigenvalue weighted by Gasteiger charge is -2.25. The molecule has 0 fully saturated rings. The van der Waals surface area contributed by atoms with Crippen LogP contribution in [0.3, 0.4) is 0 Å². The number of halogens is 1. The Bertz CT molecular complexity index is 1080. The lowest BCUT2D eigenvalue weighted by Crippen LogP contribution is -2.41. The summed E-state index contributed by atoms with van der Waals surface area (Å²) in [5, 5.41) is 7.76. The van der Waals surface area contributed by atoms with Gasteiger partial charge in [-0.1, -0.05) is 38.1 Å². The second-order valence-corrected chi connectivity index (χ2v) is 9.51. The van der Waals surface area contributed by atoms with Crippen LogP contribution in [0.4, 0.5) is 11.5 Å². The molecule has 0 saturated heterocycles. The zero-order valence-electron chi connectivity index (χ0n) is 17.0. The Hall–Kier alpha value is -2.26. The van der Waals surface area contributed by atoms with Crippen molar-refractivity contribution in [1.82, 2.24) is 19.4 Å². The summed E-state index contributed by atoms with van der Waals surface area (Å²) < 4.78 is 1.73. The number of aromatic nitrogens is 3. The zero-order chi connectivity index (χ0) is 21.8. The quantitative estimate of drug-likeness (QED) is 0.283. The highest BCUT2D eigenvalue weighted by atomic mass is 127. The molecule has 0 aliphatic heterocycles. The van der Waals surface area contributed by atoms with Gasteiger partial charge in [-0.25, -0.2) is 9.44 Å². The molecule has 0 spiro atoms. The first kappa shape index (κ1) is 22.4. The number of amides is 2. The second kappa shape index (κ2) is 9.70. The Morgan fingerprint density at radius 3 is 2.73 bits per heavy atom. The van der Waals surface area contributed by atoms with Crippen LogP contribution in [0.1, 0.15) is 25.0 Å². The Balaban J connectivity index is 1.84. The maximum Gasteiger partial charge on any atom is 0.314 e. The minimum atomic E-state index is -0.719. The molecule has 30 heavy (non-hydrogen) atoms. The zero-order valence-corrected chi connectivity index (χ0v) is 20.2. The van der Waals surface area contributed by atoms with Gasteiger partial charge in [0.1, 0.15) is 11.3 Å². The van der Waals surface area contributed by atoms with E-state index >= 15 is 0 Å². The van der Waals surface area contributed by atoms with E-state index in [1.165, 1.54) is 6.20 Å². The van der Waals surface area contributed by atoms with Gasteiger partial charge >= 0.3 is 11.8 Å². The fourth-order valence-electron chi connectivity index (χ4n) is 3.13. The topological polar surface area (TPSA) is 106 Å². The number of aryl methyl sites for hydroxylation is 1. The van der Waals surface area contributed by atoms with Crippen molar-refractivity contribution in [2.75, 3.05) is 17.6 Å². The predicted molar refractivity (Wildman–Crippen MR) is 130 cm³/mol. The first-order valence-corrected chi connectivity index (χ1v) is 13.5. The summed E-state index contributed by atoms with van der Waals surface area (Å²) in [5.74, 6) is -0.761. The van der Waals surface area contributed by atoms with E-state index < -0.39 is 11.8 Å². The van der Waals surface area contributed by atoms with Crippen molar-refractivity contribution in [3.05, 3.63) is 47.8 Å². The van der Waals surface area contributed by atoms with Gasteiger partial charge in [0.25, 0.3) is 0 Å². The Morgan fingerprint density at radius 1 is 1.33 bits per heavy atom. The number of hydrogen-bond donors (Lipinski definition) is 2. The minimum absolute atomic E-state index is 0.219. The minimum Gasteiger partial charge on any atom is -0.383 e. The number of nitrogens with two attached hydrogens (primary N) is 1. The van der Waals surface area contributed by atoms with Crippen molar-refractivity contribution < 1.29 is 9.59 Å². The lowest BCUT2D eigenvalue weighted by atomic mass is 10.1. The molecule has 1 unspecified atom stereocenters. The summed E-state index contributed by atoms with van der Waals surface area (Å²) in [6.45, 7) is 6.87. The molecule has 3 N–H and O–H groups in total. The van der Waals surface area contributed by atoms with Gasteiger partial charge in [-0.15, -0.1) is 0 Å². The molecule has 0 aliphatic carbocycles. The Labute approximate surface area is 189 Å². The number of hydrogen-bond acceptors (Lipinski definition) is 5. The lowest BCUT2D eigenvalue weighted by molar-refractivity contribution is -0.143. The second-order valence-electron chi connectivity index (χ2n) is 7.44. The molecule has 0 bridgehead atoms. The number of carbonyl (C=O) groups excluding carboxylic acids is 2. The summed E-state index contributed by atoms with van der Waals surface area (Å²) >= 11 is 2.20. The van der Waals surface area contributed by atoms with Crippen LogP contribution in [0.5, 0.6) is 0 Å². The number of rotatable bonds is 6. The third kappa shape index (κ3) is 5.07. The highest BCUT2D eigenvalue weighted by molar-refractivity contribution is 14.2. The van der Waals surface area contributed by atoms with Crippen molar-refractivity contribution >= 4 is 62.6 Å². The molecule has 0 aliphatic rings. The van der Waals surface area contributed by atoms with E-state index in [1.54, 1.807) is 15.5 Å². The molecule has 2 aromatic heterocycles. The Morgan fingerprint density at radius 2 is 2.07 bits per heavy atom. The van der Waals surface area contributed by atoms with Crippen LogP contribution in [0.2, 0.25) is 0 Å². The summed E-state index contributed by atoms with van der Waals surface area (Å²) in [6.07, 6.45) is 3.59. The average molecular weight is 538 g/mol. The number of pyridine rings is 1. The monoisotopic (exact) mass is 538 g/mol. The van der Waals surface area contributed by atoms with Crippen LogP contribution in [0.25, 0.3) is 10.9 Å². The van der Waals surface area contributed by atoms with Gasteiger partial charge in [0.2, 0.25) is 0 Å². The number of nitrogens with zero attached hydrogens (tertiary/aromatic N) is 4. The summed E-state index contributed by atoms with van der Waals surface area (Å²) in [7, 11) is 0. The van der Waals surface area contributed by atoms with Crippen molar-refractivity contribution in [2.24, 2.45) is 5.92 Å². The third-order valence-electron chi connectivity index (χ3n) is 4.60. The fourth-order valence-corrected chi connectivity index (χ4v) is 4.19. The molecule has 0 saturated carbocycles. The summed E-state index contributed by atoms with van der Waals surface area (Å²) in [5.41, 5.74) is 8.91. The van der Waals surface area contributed by atoms with Gasteiger partial charge < -0.3 is 16.0 Å². The smallest absolute Gasteiger partial charge is 0.314 e. The van der Waals surface area contributed by atoms with Crippen LogP contribution in [-0.2, 0) is 16.1 Å². The molecule has 2 amide bonds. The van der Waals surface area contributed by atoms with E-state index in [0.29, 0.717) is 41.9 Å². The van der Waals surface area contributed by atoms with E-state index in [2.05, 4.69) is 37.4 Å². The molecular weight excluding hydrogens is 514 g/mol. The van der Waals surface area contributed by atoms with E-state index in [4.69, 9.17) is 5.73 Å². The molecule has 2 heterocycles. The molecule has 1 aromatic carbocycles. The number of carbonyl (C=O) groups is 2. The molecule has 3 rings (SSSR count). The largest absolute Gasteiger partial charge is 0.383 e. The van der Waals surface area contributed by atoms with Gasteiger partial charge in [0.15, 0.2) is 0 Å². The van der Waals surface area contributed by atoms with E-state index in [-0.39, 0.29) is 5.92 Å². The maximum absolute atomic E-state index is 13.0. The van der Waals surface area contributed by atoms with Crippen molar-refractivity contribution in [3.8, 4) is 0 Å². The molecule has 8 nitrogen and oxygen atoms in total. The van der Waals surface area contributed by atoms with Crippen LogP contribution >= 0.6 is 28.4 Å². The summed E-state index contributed by atoms with van der Waals surface area (Å²) in [4.78, 5) is 31.5. The van der Waals surface area contributed by atoms with Crippen LogP contribution in [0.15, 0.2) is 36.7 Å². The number of fused-ring (bicyclic) bond motifs is 1. The molecular formula is C20H24IN6O2P. The van der Waals surface area contributed by atoms with Gasteiger partial charge in [-0.3, -0.25) is 9.59 Å². The fraction of sp³-hybridized carbons (Fsp3) is 0.300. The SMILES string of the molecule is Cc1ccccc1CN(CC(C)C)C(=O)C(=O)Nc1cnc(N)c2cn(PI)nc12. The number of benzene rings is 1. The van der Waals surface area contributed by atoms with Crippen LogP contribution < -0.4 is 11.1 Å². The van der Waals surface area contributed by atoms with Gasteiger partial charge in [0, 0.05) is 19.3 Å². The molecule has 10 heteroatoms. The standard InChI is InChI=1S/C20H24IN6O2P/c1-12(2)9-26(10-14-7-5-4-6-13(14)3)20(29)19(28)24-16-8-23-18(22)15-11-27(30-21)25-17(15)16/h4-8,11-12,30H,9-10H2,1-3H3,(H2,22,23)(H,24,28). The van der Waals surface area contributed by atoms with Crippen molar-refractivity contribution in [2.45, 2.75) is 27.3 Å². The predicted octanol–water partition coefficient (Wildman–Crippen LogP) is 3.74. The van der Waals surface area contributed by atoms with Gasteiger partial charge in [-0.2, -0.15) is 5.10 Å². The number of nitrogens with one attached hydrogen (secondary N) is 1. The number of anilines is 2.